The van der Waals surface area contributed by atoms with Crippen LogP contribution in [0.4, 0.5) is 0 Å². The van der Waals surface area contributed by atoms with E-state index in [1.807, 2.05) is 0 Å². The molecule has 6 heteroatoms. The fourth-order valence-corrected chi connectivity index (χ4v) is 1.57. The van der Waals surface area contributed by atoms with E-state index in [1.165, 1.54) is 24.0 Å². The summed E-state index contributed by atoms with van der Waals surface area (Å²) < 4.78 is 1.24. The first-order valence-electron chi connectivity index (χ1n) is 4.08. The Balaban J connectivity index is 3.07. The van der Waals surface area contributed by atoms with E-state index in [-0.39, 0.29) is 21.5 Å². The van der Waals surface area contributed by atoms with Crippen LogP contribution in [0.15, 0.2) is 17.2 Å². The zero-order valence-corrected chi connectivity index (χ0v) is 8.49. The normalized spacial score (nSPS) is 10.8. The molecule has 5 nitrogen and oxygen atoms in total. The maximum absolute atomic E-state index is 11.7. The number of benzene rings is 1. The SMILES string of the molecule is Cn1cnc2cc(O)c(O)c(Cl)c2c1=O. The molecule has 0 amide bonds. The van der Waals surface area contributed by atoms with Gasteiger partial charge in [-0.2, -0.15) is 0 Å². The molecule has 78 valence electrons. The van der Waals surface area contributed by atoms with Gasteiger partial charge in [-0.25, -0.2) is 4.98 Å². The van der Waals surface area contributed by atoms with Gasteiger partial charge in [0.25, 0.3) is 5.56 Å². The maximum Gasteiger partial charge on any atom is 0.262 e. The molecule has 2 N–H and O–H groups in total. The minimum absolute atomic E-state index is 0.0944. The van der Waals surface area contributed by atoms with Crippen molar-refractivity contribution in [2.75, 3.05) is 0 Å². The third-order valence-electron chi connectivity index (χ3n) is 2.10. The quantitative estimate of drug-likeness (QED) is 0.657. The van der Waals surface area contributed by atoms with E-state index < -0.39 is 11.5 Å². The summed E-state index contributed by atoms with van der Waals surface area (Å²) in [4.78, 5) is 15.6. The number of aryl methyl sites for hydroxylation is 1. The summed E-state index contributed by atoms with van der Waals surface area (Å²) >= 11 is 5.75. The molecule has 0 aliphatic carbocycles. The second-order valence-electron chi connectivity index (χ2n) is 3.11. The molecule has 2 aromatic rings. The van der Waals surface area contributed by atoms with Crippen molar-refractivity contribution in [3.63, 3.8) is 0 Å². The summed E-state index contributed by atoms with van der Waals surface area (Å²) in [6.45, 7) is 0. The lowest BCUT2D eigenvalue weighted by molar-refractivity contribution is 0.405. The molecule has 1 aromatic carbocycles. The Hall–Kier alpha value is -1.75. The molecule has 0 unspecified atom stereocenters. The molecular formula is C9H7ClN2O3. The van der Waals surface area contributed by atoms with Gasteiger partial charge in [-0.15, -0.1) is 0 Å². The Kier molecular flexibility index (Phi) is 2.04. The highest BCUT2D eigenvalue weighted by molar-refractivity contribution is 6.37. The minimum Gasteiger partial charge on any atom is -0.504 e. The van der Waals surface area contributed by atoms with Crippen molar-refractivity contribution in [1.82, 2.24) is 9.55 Å². The molecule has 0 spiro atoms. The van der Waals surface area contributed by atoms with Crippen LogP contribution in [0.5, 0.6) is 11.5 Å². The molecule has 0 radical (unpaired) electrons. The Morgan fingerprint density at radius 1 is 1.47 bits per heavy atom. The number of nitrogens with zero attached hydrogens (tertiary/aromatic N) is 2. The van der Waals surface area contributed by atoms with Crippen LogP contribution in [0, 0.1) is 0 Å². The lowest BCUT2D eigenvalue weighted by atomic mass is 10.2. The van der Waals surface area contributed by atoms with E-state index in [2.05, 4.69) is 4.98 Å². The fourth-order valence-electron chi connectivity index (χ4n) is 1.30. The monoisotopic (exact) mass is 226 g/mol. The minimum atomic E-state index is -0.505. The summed E-state index contributed by atoms with van der Waals surface area (Å²) in [5.41, 5.74) is -0.126. The lowest BCUT2D eigenvalue weighted by Crippen LogP contribution is -2.17. The molecule has 0 fully saturated rings. The van der Waals surface area contributed by atoms with E-state index in [4.69, 9.17) is 11.6 Å². The van der Waals surface area contributed by atoms with Crippen molar-refractivity contribution in [3.8, 4) is 11.5 Å². The van der Waals surface area contributed by atoms with Crippen LogP contribution in [-0.4, -0.2) is 19.8 Å². The van der Waals surface area contributed by atoms with E-state index >= 15 is 0 Å². The Morgan fingerprint density at radius 2 is 2.13 bits per heavy atom. The number of fused-ring (bicyclic) bond motifs is 1. The van der Waals surface area contributed by atoms with Gasteiger partial charge < -0.3 is 14.8 Å². The summed E-state index contributed by atoms with van der Waals surface area (Å²) in [5, 5.41) is 18.5. The summed E-state index contributed by atoms with van der Waals surface area (Å²) in [6, 6.07) is 1.19. The van der Waals surface area contributed by atoms with Crippen molar-refractivity contribution in [1.29, 1.82) is 0 Å². The zero-order chi connectivity index (χ0) is 11.2. The average Bonchev–Trinajstić information content (AvgIpc) is 2.20. The Bertz CT molecular complexity index is 606. The highest BCUT2D eigenvalue weighted by Crippen LogP contribution is 2.36. The number of phenolic OH excluding ortho intramolecular Hbond substituents is 2. The van der Waals surface area contributed by atoms with E-state index in [1.54, 1.807) is 0 Å². The van der Waals surface area contributed by atoms with Gasteiger partial charge in [-0.05, 0) is 0 Å². The van der Waals surface area contributed by atoms with Gasteiger partial charge in [0.2, 0.25) is 0 Å². The van der Waals surface area contributed by atoms with E-state index in [0.29, 0.717) is 0 Å². The summed E-state index contributed by atoms with van der Waals surface area (Å²) in [6.07, 6.45) is 1.32. The van der Waals surface area contributed by atoms with Crippen LogP contribution in [-0.2, 0) is 7.05 Å². The van der Waals surface area contributed by atoms with Crippen LogP contribution in [0.1, 0.15) is 0 Å². The molecule has 15 heavy (non-hydrogen) atoms. The van der Waals surface area contributed by atoms with E-state index in [0.717, 1.165) is 0 Å². The fraction of sp³-hybridized carbons (Fsp3) is 0.111. The second kappa shape index (κ2) is 3.13. The van der Waals surface area contributed by atoms with Crippen molar-refractivity contribution < 1.29 is 10.2 Å². The van der Waals surface area contributed by atoms with Crippen molar-refractivity contribution in [3.05, 3.63) is 27.8 Å². The molecule has 2 rings (SSSR count). The predicted molar refractivity (Wildman–Crippen MR) is 55.3 cm³/mol. The Labute approximate surface area is 89.2 Å². The van der Waals surface area contributed by atoms with E-state index in [9.17, 15) is 15.0 Å². The second-order valence-corrected chi connectivity index (χ2v) is 3.49. The number of aromatic hydroxyl groups is 2. The molecule has 0 bridgehead atoms. The number of phenols is 2. The number of hydrogen-bond acceptors (Lipinski definition) is 4. The molecule has 0 saturated heterocycles. The van der Waals surface area contributed by atoms with Crippen molar-refractivity contribution in [2.45, 2.75) is 0 Å². The Morgan fingerprint density at radius 3 is 2.80 bits per heavy atom. The third kappa shape index (κ3) is 1.32. The van der Waals surface area contributed by atoms with Crippen LogP contribution in [0.25, 0.3) is 10.9 Å². The maximum atomic E-state index is 11.7. The smallest absolute Gasteiger partial charge is 0.262 e. The number of rotatable bonds is 0. The number of halogens is 1. The summed E-state index contributed by atoms with van der Waals surface area (Å²) in [7, 11) is 1.52. The average molecular weight is 227 g/mol. The van der Waals surface area contributed by atoms with Gasteiger partial charge >= 0.3 is 0 Å². The highest BCUT2D eigenvalue weighted by Gasteiger charge is 2.14. The highest BCUT2D eigenvalue weighted by atomic mass is 35.5. The van der Waals surface area contributed by atoms with Crippen molar-refractivity contribution in [2.24, 2.45) is 7.05 Å². The number of aromatic nitrogens is 2. The first-order valence-corrected chi connectivity index (χ1v) is 4.46. The van der Waals surface area contributed by atoms with Crippen LogP contribution >= 0.6 is 11.6 Å². The van der Waals surface area contributed by atoms with Gasteiger partial charge in [0.1, 0.15) is 5.02 Å². The van der Waals surface area contributed by atoms with Crippen LogP contribution < -0.4 is 5.56 Å². The summed E-state index contributed by atoms with van der Waals surface area (Å²) in [5.74, 6) is -0.900. The molecule has 1 heterocycles. The lowest BCUT2D eigenvalue weighted by Gasteiger charge is -2.05. The van der Waals surface area contributed by atoms with Crippen LogP contribution in [0.3, 0.4) is 0 Å². The van der Waals surface area contributed by atoms with Gasteiger partial charge in [0, 0.05) is 13.1 Å². The molecule has 1 aromatic heterocycles. The zero-order valence-electron chi connectivity index (χ0n) is 7.73. The molecule has 0 aliphatic rings. The largest absolute Gasteiger partial charge is 0.504 e. The first-order chi connectivity index (χ1) is 7.02. The predicted octanol–water partition coefficient (Wildman–Crippen LogP) is 0.998. The third-order valence-corrected chi connectivity index (χ3v) is 2.47. The topological polar surface area (TPSA) is 75.3 Å². The number of hydrogen-bond donors (Lipinski definition) is 2. The standard InChI is InChI=1S/C9H7ClN2O3/c1-12-3-11-4-2-5(13)8(14)7(10)6(4)9(12)15/h2-3,13-14H,1H3. The van der Waals surface area contributed by atoms with Gasteiger partial charge in [0.05, 0.1) is 17.2 Å². The van der Waals surface area contributed by atoms with Gasteiger partial charge in [-0.3, -0.25) is 4.79 Å². The molecular weight excluding hydrogens is 220 g/mol. The van der Waals surface area contributed by atoms with Gasteiger partial charge in [0.15, 0.2) is 11.5 Å². The van der Waals surface area contributed by atoms with Crippen molar-refractivity contribution >= 4 is 22.5 Å². The first kappa shape index (κ1) is 9.79. The molecule has 0 aliphatic heterocycles. The molecule has 0 atom stereocenters. The molecule has 0 saturated carbocycles. The van der Waals surface area contributed by atoms with Crippen LogP contribution in [0.2, 0.25) is 5.02 Å². The van der Waals surface area contributed by atoms with Gasteiger partial charge in [-0.1, -0.05) is 11.6 Å².